The number of carbonyl (C=O) groups is 1. The quantitative estimate of drug-likeness (QED) is 0.784. The average molecular weight is 267 g/mol. The molecule has 104 valence electrons. The van der Waals surface area contributed by atoms with Gasteiger partial charge in [-0.2, -0.15) is 0 Å². The number of halogens is 1. The number of hydrogen-bond donors (Lipinski definition) is 3. The number of rotatable bonds is 4. The van der Waals surface area contributed by atoms with Crippen LogP contribution < -0.4 is 5.32 Å². The average Bonchev–Trinajstić information content (AvgIpc) is 2.38. The molecule has 1 aliphatic carbocycles. The van der Waals surface area contributed by atoms with Crippen molar-refractivity contribution in [2.75, 3.05) is 11.9 Å². The van der Waals surface area contributed by atoms with Gasteiger partial charge in [0.05, 0.1) is 11.7 Å². The van der Waals surface area contributed by atoms with Crippen LogP contribution in [0.1, 0.15) is 36.0 Å². The summed E-state index contributed by atoms with van der Waals surface area (Å²) >= 11 is 0. The van der Waals surface area contributed by atoms with Gasteiger partial charge >= 0.3 is 5.97 Å². The summed E-state index contributed by atoms with van der Waals surface area (Å²) in [6.07, 6.45) is 3.50. The second-order valence-electron chi connectivity index (χ2n) is 4.99. The lowest BCUT2D eigenvalue weighted by molar-refractivity contribution is 0.0697. The fourth-order valence-electron chi connectivity index (χ4n) is 2.51. The molecular weight excluding hydrogens is 249 g/mol. The van der Waals surface area contributed by atoms with Crippen LogP contribution in [0.15, 0.2) is 18.2 Å². The Labute approximate surface area is 111 Å². The van der Waals surface area contributed by atoms with E-state index in [1.165, 1.54) is 12.1 Å². The lowest BCUT2D eigenvalue weighted by Crippen LogP contribution is -2.30. The minimum absolute atomic E-state index is 0.0784. The van der Waals surface area contributed by atoms with Gasteiger partial charge in [0.25, 0.3) is 0 Å². The lowest BCUT2D eigenvalue weighted by atomic mass is 9.86. The van der Waals surface area contributed by atoms with Crippen LogP contribution in [0.2, 0.25) is 0 Å². The standard InChI is InChI=1S/C14H18FNO3/c15-10-5-6-12(11(7-10)14(18)19)16-8-9-3-1-2-4-13(9)17/h5-7,9,13,16-17H,1-4,8H2,(H,18,19). The largest absolute Gasteiger partial charge is 0.478 e. The summed E-state index contributed by atoms with van der Waals surface area (Å²) in [4.78, 5) is 11.0. The zero-order valence-electron chi connectivity index (χ0n) is 10.6. The Morgan fingerprint density at radius 1 is 1.37 bits per heavy atom. The molecule has 1 aromatic rings. The monoisotopic (exact) mass is 267 g/mol. The molecule has 1 saturated carbocycles. The predicted molar refractivity (Wildman–Crippen MR) is 69.8 cm³/mol. The van der Waals surface area contributed by atoms with Crippen LogP contribution in [0.3, 0.4) is 0 Å². The first-order valence-corrected chi connectivity index (χ1v) is 6.52. The van der Waals surface area contributed by atoms with Crippen molar-refractivity contribution in [2.24, 2.45) is 5.92 Å². The zero-order chi connectivity index (χ0) is 13.8. The van der Waals surface area contributed by atoms with Crippen molar-refractivity contribution in [1.29, 1.82) is 0 Å². The summed E-state index contributed by atoms with van der Waals surface area (Å²) in [6, 6.07) is 3.65. The van der Waals surface area contributed by atoms with Crippen molar-refractivity contribution in [2.45, 2.75) is 31.8 Å². The van der Waals surface area contributed by atoms with E-state index in [9.17, 15) is 14.3 Å². The summed E-state index contributed by atoms with van der Waals surface area (Å²) < 4.78 is 13.0. The molecular formula is C14H18FNO3. The number of benzene rings is 1. The molecule has 0 heterocycles. The second kappa shape index (κ2) is 6.02. The predicted octanol–water partition coefficient (Wildman–Crippen LogP) is 2.49. The Bertz CT molecular complexity index is 464. The number of nitrogens with one attached hydrogen (secondary N) is 1. The lowest BCUT2D eigenvalue weighted by Gasteiger charge is -2.28. The second-order valence-corrected chi connectivity index (χ2v) is 4.99. The molecule has 0 aliphatic heterocycles. The number of carboxylic acids is 1. The summed E-state index contributed by atoms with van der Waals surface area (Å²) in [6.45, 7) is 0.507. The minimum Gasteiger partial charge on any atom is -0.478 e. The normalized spacial score (nSPS) is 23.1. The topological polar surface area (TPSA) is 69.6 Å². The van der Waals surface area contributed by atoms with Crippen LogP contribution in [0.25, 0.3) is 0 Å². The highest BCUT2D eigenvalue weighted by Gasteiger charge is 2.23. The molecule has 2 rings (SSSR count). The van der Waals surface area contributed by atoms with Crippen LogP contribution in [0, 0.1) is 11.7 Å². The van der Waals surface area contributed by atoms with E-state index in [0.29, 0.717) is 12.2 Å². The third kappa shape index (κ3) is 3.44. The molecule has 3 N–H and O–H groups in total. The smallest absolute Gasteiger partial charge is 0.337 e. The molecule has 0 aromatic heterocycles. The molecule has 0 amide bonds. The van der Waals surface area contributed by atoms with Gasteiger partial charge in [0.1, 0.15) is 5.82 Å². The van der Waals surface area contributed by atoms with Crippen molar-refractivity contribution < 1.29 is 19.4 Å². The van der Waals surface area contributed by atoms with Gasteiger partial charge in [-0.3, -0.25) is 0 Å². The maximum Gasteiger partial charge on any atom is 0.337 e. The third-order valence-electron chi connectivity index (χ3n) is 3.64. The highest BCUT2D eigenvalue weighted by molar-refractivity contribution is 5.94. The van der Waals surface area contributed by atoms with Crippen molar-refractivity contribution in [3.63, 3.8) is 0 Å². The molecule has 2 unspecified atom stereocenters. The Morgan fingerprint density at radius 3 is 2.79 bits per heavy atom. The van der Waals surface area contributed by atoms with Gasteiger partial charge in [-0.25, -0.2) is 9.18 Å². The molecule has 2 atom stereocenters. The van der Waals surface area contributed by atoms with Crippen molar-refractivity contribution in [1.82, 2.24) is 0 Å². The SMILES string of the molecule is O=C(O)c1cc(F)ccc1NCC1CCCCC1O. The van der Waals surface area contributed by atoms with Crippen molar-refractivity contribution in [3.8, 4) is 0 Å². The molecule has 19 heavy (non-hydrogen) atoms. The molecule has 4 nitrogen and oxygen atoms in total. The first-order chi connectivity index (χ1) is 9.08. The van der Waals surface area contributed by atoms with E-state index in [1.54, 1.807) is 0 Å². The fourth-order valence-corrected chi connectivity index (χ4v) is 2.51. The molecule has 0 bridgehead atoms. The molecule has 0 radical (unpaired) electrons. The van der Waals surface area contributed by atoms with Gasteiger partial charge in [-0.05, 0) is 31.0 Å². The number of hydrogen-bond acceptors (Lipinski definition) is 3. The van der Waals surface area contributed by atoms with Gasteiger partial charge in [-0.15, -0.1) is 0 Å². The summed E-state index contributed by atoms with van der Waals surface area (Å²) in [5.74, 6) is -1.60. The molecule has 0 saturated heterocycles. The van der Waals surface area contributed by atoms with Crippen LogP contribution in [0.5, 0.6) is 0 Å². The third-order valence-corrected chi connectivity index (χ3v) is 3.64. The van der Waals surface area contributed by atoms with Crippen molar-refractivity contribution >= 4 is 11.7 Å². The van der Waals surface area contributed by atoms with E-state index in [2.05, 4.69) is 5.32 Å². The number of aliphatic hydroxyl groups excluding tert-OH is 1. The van der Waals surface area contributed by atoms with E-state index in [4.69, 9.17) is 5.11 Å². The Hall–Kier alpha value is -1.62. The van der Waals surface area contributed by atoms with E-state index in [-0.39, 0.29) is 17.6 Å². The molecule has 5 heteroatoms. The first-order valence-electron chi connectivity index (χ1n) is 6.52. The zero-order valence-corrected chi connectivity index (χ0v) is 10.6. The van der Waals surface area contributed by atoms with E-state index in [1.807, 2.05) is 0 Å². The maximum absolute atomic E-state index is 13.0. The number of carboxylic acid groups (broad SMARTS) is 1. The van der Waals surface area contributed by atoms with Crippen LogP contribution in [-0.4, -0.2) is 28.8 Å². The Kier molecular flexibility index (Phi) is 4.37. The van der Waals surface area contributed by atoms with Gasteiger partial charge in [0.15, 0.2) is 0 Å². The van der Waals surface area contributed by atoms with Crippen LogP contribution in [0.4, 0.5) is 10.1 Å². The van der Waals surface area contributed by atoms with Gasteiger partial charge < -0.3 is 15.5 Å². The summed E-state index contributed by atoms with van der Waals surface area (Å²) in [5, 5.41) is 21.9. The number of aliphatic hydroxyl groups is 1. The maximum atomic E-state index is 13.0. The highest BCUT2D eigenvalue weighted by Crippen LogP contribution is 2.25. The van der Waals surface area contributed by atoms with Crippen molar-refractivity contribution in [3.05, 3.63) is 29.6 Å². The highest BCUT2D eigenvalue weighted by atomic mass is 19.1. The van der Waals surface area contributed by atoms with E-state index in [0.717, 1.165) is 31.7 Å². The molecule has 1 fully saturated rings. The number of anilines is 1. The fraction of sp³-hybridized carbons (Fsp3) is 0.500. The minimum atomic E-state index is -1.16. The van der Waals surface area contributed by atoms with Crippen LogP contribution in [-0.2, 0) is 0 Å². The Balaban J connectivity index is 2.04. The molecule has 1 aliphatic rings. The Morgan fingerprint density at radius 2 is 2.11 bits per heavy atom. The molecule has 0 spiro atoms. The first kappa shape index (κ1) is 13.8. The van der Waals surface area contributed by atoms with Gasteiger partial charge in [0, 0.05) is 18.2 Å². The molecule has 1 aromatic carbocycles. The van der Waals surface area contributed by atoms with E-state index >= 15 is 0 Å². The van der Waals surface area contributed by atoms with Gasteiger partial charge in [-0.1, -0.05) is 12.8 Å². The van der Waals surface area contributed by atoms with Crippen LogP contribution >= 0.6 is 0 Å². The van der Waals surface area contributed by atoms with E-state index < -0.39 is 11.8 Å². The number of aromatic carboxylic acids is 1. The summed E-state index contributed by atoms with van der Waals surface area (Å²) in [5.41, 5.74) is 0.317. The van der Waals surface area contributed by atoms with Gasteiger partial charge in [0.2, 0.25) is 0 Å². The summed E-state index contributed by atoms with van der Waals surface area (Å²) in [7, 11) is 0.